The topological polar surface area (TPSA) is 69.1 Å². The fourth-order valence-corrected chi connectivity index (χ4v) is 1.13. The molecular formula is C9H8N2O3. The zero-order valence-electron chi connectivity index (χ0n) is 7.77. The quantitative estimate of drug-likeness (QED) is 0.678. The van der Waals surface area contributed by atoms with Crippen LogP contribution >= 0.6 is 0 Å². The van der Waals surface area contributed by atoms with Crippen LogP contribution in [0.4, 0.5) is 0 Å². The first-order chi connectivity index (χ1) is 6.70. The van der Waals surface area contributed by atoms with Crippen LogP contribution in [0, 0.1) is 13.8 Å². The van der Waals surface area contributed by atoms with Crippen molar-refractivity contribution in [2.75, 3.05) is 0 Å². The third-order valence-electron chi connectivity index (χ3n) is 1.74. The molecule has 0 bridgehead atoms. The lowest BCUT2D eigenvalue weighted by atomic mass is 10.4. The molecule has 0 aliphatic carbocycles. The maximum atomic E-state index is 10.4. The standard InChI is InChI=1S/C9H8N2O3/c1-5-3-10-9(13-5)8-6(2)14-7(4-12)11-8/h3-4H,1-2H3. The van der Waals surface area contributed by atoms with Crippen LogP contribution in [0.15, 0.2) is 15.0 Å². The molecule has 0 aliphatic heterocycles. The van der Waals surface area contributed by atoms with Gasteiger partial charge in [0.15, 0.2) is 5.69 Å². The van der Waals surface area contributed by atoms with Gasteiger partial charge in [0, 0.05) is 0 Å². The Bertz CT molecular complexity index is 470. The summed E-state index contributed by atoms with van der Waals surface area (Å²) < 4.78 is 10.3. The van der Waals surface area contributed by atoms with Crippen molar-refractivity contribution in [1.29, 1.82) is 0 Å². The summed E-state index contributed by atoms with van der Waals surface area (Å²) in [7, 11) is 0. The molecule has 0 aliphatic rings. The Morgan fingerprint density at radius 3 is 2.64 bits per heavy atom. The van der Waals surface area contributed by atoms with Gasteiger partial charge in [0.2, 0.25) is 12.2 Å². The third kappa shape index (κ3) is 1.32. The van der Waals surface area contributed by atoms with Crippen LogP contribution in [0.25, 0.3) is 11.6 Å². The molecule has 0 unspecified atom stereocenters. The van der Waals surface area contributed by atoms with Crippen LogP contribution in [0.1, 0.15) is 22.2 Å². The van der Waals surface area contributed by atoms with E-state index >= 15 is 0 Å². The number of hydrogen-bond acceptors (Lipinski definition) is 5. The highest BCUT2D eigenvalue weighted by Gasteiger charge is 2.15. The highest BCUT2D eigenvalue weighted by atomic mass is 16.4. The Morgan fingerprint density at radius 1 is 1.36 bits per heavy atom. The number of aryl methyl sites for hydroxylation is 2. The normalized spacial score (nSPS) is 10.4. The van der Waals surface area contributed by atoms with Gasteiger partial charge in [-0.1, -0.05) is 0 Å². The van der Waals surface area contributed by atoms with E-state index in [1.54, 1.807) is 20.0 Å². The Morgan fingerprint density at radius 2 is 2.14 bits per heavy atom. The molecule has 0 aromatic carbocycles. The Balaban J connectivity index is 2.50. The van der Waals surface area contributed by atoms with Crippen molar-refractivity contribution in [3.05, 3.63) is 23.6 Å². The van der Waals surface area contributed by atoms with Crippen molar-refractivity contribution in [3.63, 3.8) is 0 Å². The number of nitrogens with zero attached hydrogens (tertiary/aromatic N) is 2. The molecule has 0 saturated heterocycles. The largest absolute Gasteiger partial charge is 0.440 e. The minimum absolute atomic E-state index is 0.0355. The molecule has 2 aromatic heterocycles. The fraction of sp³-hybridized carbons (Fsp3) is 0.222. The summed E-state index contributed by atoms with van der Waals surface area (Å²) in [6.07, 6.45) is 2.14. The van der Waals surface area contributed by atoms with E-state index < -0.39 is 0 Å². The molecule has 14 heavy (non-hydrogen) atoms. The molecule has 0 amide bonds. The highest BCUT2D eigenvalue weighted by molar-refractivity contribution is 5.69. The lowest BCUT2D eigenvalue weighted by molar-refractivity contribution is 0.109. The predicted molar refractivity (Wildman–Crippen MR) is 46.9 cm³/mol. The first kappa shape index (κ1) is 8.68. The molecule has 72 valence electrons. The zero-order chi connectivity index (χ0) is 10.1. The molecule has 0 saturated carbocycles. The summed E-state index contributed by atoms with van der Waals surface area (Å²) >= 11 is 0. The molecule has 2 aromatic rings. The number of aromatic nitrogens is 2. The van der Waals surface area contributed by atoms with E-state index in [9.17, 15) is 4.79 Å². The number of oxazole rings is 2. The molecule has 5 heteroatoms. The molecule has 2 rings (SSSR count). The lowest BCUT2D eigenvalue weighted by Gasteiger charge is -1.87. The Labute approximate surface area is 79.8 Å². The minimum atomic E-state index is 0.0355. The number of rotatable bonds is 2. The highest BCUT2D eigenvalue weighted by Crippen LogP contribution is 2.22. The zero-order valence-corrected chi connectivity index (χ0v) is 7.77. The second-order valence-corrected chi connectivity index (χ2v) is 2.85. The lowest BCUT2D eigenvalue weighted by Crippen LogP contribution is -1.81. The number of carbonyl (C=O) groups excluding carboxylic acids is 1. The fourth-order valence-electron chi connectivity index (χ4n) is 1.13. The second-order valence-electron chi connectivity index (χ2n) is 2.85. The maximum Gasteiger partial charge on any atom is 0.260 e. The van der Waals surface area contributed by atoms with E-state index in [0.717, 1.165) is 0 Å². The van der Waals surface area contributed by atoms with Gasteiger partial charge in [-0.15, -0.1) is 0 Å². The molecule has 0 N–H and O–H groups in total. The molecule has 5 nitrogen and oxygen atoms in total. The molecule has 0 spiro atoms. The van der Waals surface area contributed by atoms with Gasteiger partial charge in [0.05, 0.1) is 6.20 Å². The molecular weight excluding hydrogens is 184 g/mol. The summed E-state index contributed by atoms with van der Waals surface area (Å²) in [5, 5.41) is 0. The molecule has 0 radical (unpaired) electrons. The van der Waals surface area contributed by atoms with Crippen LogP contribution in [-0.2, 0) is 0 Å². The van der Waals surface area contributed by atoms with Crippen molar-refractivity contribution in [3.8, 4) is 11.6 Å². The summed E-state index contributed by atoms with van der Waals surface area (Å²) in [6.45, 7) is 3.49. The maximum absolute atomic E-state index is 10.4. The first-order valence-electron chi connectivity index (χ1n) is 4.06. The van der Waals surface area contributed by atoms with Gasteiger partial charge < -0.3 is 8.83 Å². The van der Waals surface area contributed by atoms with E-state index in [1.807, 2.05) is 0 Å². The van der Waals surface area contributed by atoms with E-state index in [-0.39, 0.29) is 5.89 Å². The van der Waals surface area contributed by atoms with Crippen molar-refractivity contribution in [2.24, 2.45) is 0 Å². The van der Waals surface area contributed by atoms with Crippen LogP contribution in [0.2, 0.25) is 0 Å². The van der Waals surface area contributed by atoms with Gasteiger partial charge in [-0.3, -0.25) is 4.79 Å². The van der Waals surface area contributed by atoms with Crippen molar-refractivity contribution in [2.45, 2.75) is 13.8 Å². The SMILES string of the molecule is Cc1cnc(-c2nc(C=O)oc2C)o1. The van der Waals surface area contributed by atoms with E-state index in [0.29, 0.717) is 29.4 Å². The predicted octanol–water partition coefficient (Wildman–Crippen LogP) is 1.76. The average Bonchev–Trinajstić information content (AvgIpc) is 2.71. The van der Waals surface area contributed by atoms with Crippen LogP contribution in [0.3, 0.4) is 0 Å². The van der Waals surface area contributed by atoms with E-state index in [4.69, 9.17) is 8.83 Å². The van der Waals surface area contributed by atoms with E-state index in [1.165, 1.54) is 0 Å². The average molecular weight is 192 g/mol. The Kier molecular flexibility index (Phi) is 1.92. The van der Waals surface area contributed by atoms with E-state index in [2.05, 4.69) is 9.97 Å². The van der Waals surface area contributed by atoms with Crippen molar-refractivity contribution < 1.29 is 13.6 Å². The summed E-state index contributed by atoms with van der Waals surface area (Å²) in [4.78, 5) is 18.3. The minimum Gasteiger partial charge on any atom is -0.440 e. The summed E-state index contributed by atoms with van der Waals surface area (Å²) in [5.74, 6) is 1.62. The van der Waals surface area contributed by atoms with Gasteiger partial charge in [-0.05, 0) is 13.8 Å². The number of aldehydes is 1. The van der Waals surface area contributed by atoms with Gasteiger partial charge in [0.1, 0.15) is 11.5 Å². The van der Waals surface area contributed by atoms with Gasteiger partial charge in [-0.2, -0.15) is 0 Å². The summed E-state index contributed by atoms with van der Waals surface area (Å²) in [6, 6.07) is 0. The summed E-state index contributed by atoms with van der Waals surface area (Å²) in [5.41, 5.74) is 0.472. The second kappa shape index (κ2) is 3.10. The van der Waals surface area contributed by atoms with Crippen LogP contribution in [-0.4, -0.2) is 16.3 Å². The van der Waals surface area contributed by atoms with Gasteiger partial charge in [0.25, 0.3) is 5.89 Å². The Hall–Kier alpha value is -1.91. The van der Waals surface area contributed by atoms with Crippen LogP contribution < -0.4 is 0 Å². The van der Waals surface area contributed by atoms with Crippen molar-refractivity contribution >= 4 is 6.29 Å². The first-order valence-corrected chi connectivity index (χ1v) is 4.06. The number of carbonyl (C=O) groups is 1. The monoisotopic (exact) mass is 192 g/mol. The molecule has 0 atom stereocenters. The van der Waals surface area contributed by atoms with Gasteiger partial charge in [-0.25, -0.2) is 9.97 Å². The van der Waals surface area contributed by atoms with Crippen molar-refractivity contribution in [1.82, 2.24) is 9.97 Å². The number of hydrogen-bond donors (Lipinski definition) is 0. The third-order valence-corrected chi connectivity index (χ3v) is 1.74. The smallest absolute Gasteiger partial charge is 0.260 e. The molecule has 2 heterocycles. The molecule has 0 fully saturated rings. The van der Waals surface area contributed by atoms with Crippen LogP contribution in [0.5, 0.6) is 0 Å². The van der Waals surface area contributed by atoms with Gasteiger partial charge >= 0.3 is 0 Å².